The highest BCUT2D eigenvalue weighted by Gasteiger charge is 2.37. The summed E-state index contributed by atoms with van der Waals surface area (Å²) in [5.74, 6) is -0.0873. The highest BCUT2D eigenvalue weighted by atomic mass is 35.5. The molecule has 0 bridgehead atoms. The summed E-state index contributed by atoms with van der Waals surface area (Å²) in [5.41, 5.74) is 0.802. The van der Waals surface area contributed by atoms with Gasteiger partial charge in [0.25, 0.3) is 0 Å². The Kier molecular flexibility index (Phi) is 4.55. The number of aromatic nitrogens is 4. The number of aromatic amines is 1. The van der Waals surface area contributed by atoms with Crippen LogP contribution in [0.4, 0.5) is 10.2 Å². The van der Waals surface area contributed by atoms with Crippen LogP contribution in [0.3, 0.4) is 0 Å². The van der Waals surface area contributed by atoms with Gasteiger partial charge in [-0.3, -0.25) is 0 Å². The summed E-state index contributed by atoms with van der Waals surface area (Å²) < 4.78 is 14.4. The first-order valence-electron chi connectivity index (χ1n) is 8.88. The average molecular weight is 388 g/mol. The summed E-state index contributed by atoms with van der Waals surface area (Å²) in [7, 11) is 0. The van der Waals surface area contributed by atoms with Crippen LogP contribution in [0.15, 0.2) is 24.7 Å². The number of rotatable bonds is 4. The summed E-state index contributed by atoms with van der Waals surface area (Å²) in [6, 6.07) is 1.60. The van der Waals surface area contributed by atoms with Crippen molar-refractivity contribution in [3.8, 4) is 11.4 Å². The number of carbonyl (C=O) groups is 1. The normalized spacial score (nSPS) is 22.7. The van der Waals surface area contributed by atoms with Crippen LogP contribution in [0.25, 0.3) is 22.4 Å². The summed E-state index contributed by atoms with van der Waals surface area (Å²) in [5, 5.41) is 4.40. The lowest BCUT2D eigenvalue weighted by molar-refractivity contribution is -0.117. The van der Waals surface area contributed by atoms with Crippen LogP contribution < -0.4 is 5.32 Å². The first-order valence-corrected chi connectivity index (χ1v) is 9.26. The molecule has 0 aliphatic heterocycles. The van der Waals surface area contributed by atoms with Crippen molar-refractivity contribution in [3.63, 3.8) is 0 Å². The molecule has 4 rings (SSSR count). The van der Waals surface area contributed by atoms with E-state index in [0.717, 1.165) is 43.6 Å². The fraction of sp³-hybridized carbons (Fsp3) is 0.368. The lowest BCUT2D eigenvalue weighted by Crippen LogP contribution is -2.42. The Morgan fingerprint density at radius 2 is 2.22 bits per heavy atom. The van der Waals surface area contributed by atoms with Crippen LogP contribution >= 0.6 is 11.6 Å². The van der Waals surface area contributed by atoms with Crippen molar-refractivity contribution in [2.75, 3.05) is 5.32 Å². The molecule has 0 radical (unpaired) electrons. The number of hydrogen-bond acceptors (Lipinski definition) is 5. The molecular weight excluding hydrogens is 369 g/mol. The van der Waals surface area contributed by atoms with E-state index in [4.69, 9.17) is 11.6 Å². The van der Waals surface area contributed by atoms with Gasteiger partial charge in [0.05, 0.1) is 11.2 Å². The smallest absolute Gasteiger partial charge is 0.183 e. The van der Waals surface area contributed by atoms with E-state index in [2.05, 4.69) is 25.3 Å². The largest absolute Gasteiger partial charge is 0.364 e. The van der Waals surface area contributed by atoms with Crippen LogP contribution in [0.5, 0.6) is 0 Å². The number of aldehydes is 1. The average Bonchev–Trinajstić information content (AvgIpc) is 3.08. The molecule has 0 saturated heterocycles. The van der Waals surface area contributed by atoms with Gasteiger partial charge in [0.2, 0.25) is 0 Å². The molecule has 0 amide bonds. The van der Waals surface area contributed by atoms with E-state index in [0.29, 0.717) is 22.1 Å². The van der Waals surface area contributed by atoms with E-state index in [1.165, 1.54) is 0 Å². The molecule has 0 spiro atoms. The van der Waals surface area contributed by atoms with Crippen LogP contribution in [0.2, 0.25) is 5.02 Å². The number of halogens is 2. The van der Waals surface area contributed by atoms with E-state index >= 15 is 0 Å². The molecule has 3 heterocycles. The third kappa shape index (κ3) is 3.27. The summed E-state index contributed by atoms with van der Waals surface area (Å²) in [6.07, 6.45) is 8.94. The van der Waals surface area contributed by atoms with E-state index in [9.17, 15) is 9.18 Å². The predicted molar refractivity (Wildman–Crippen MR) is 102 cm³/mol. The van der Waals surface area contributed by atoms with Gasteiger partial charge in [-0.1, -0.05) is 31.4 Å². The predicted octanol–water partition coefficient (Wildman–Crippen LogP) is 4.37. The zero-order chi connectivity index (χ0) is 19.0. The van der Waals surface area contributed by atoms with Gasteiger partial charge in [-0.2, -0.15) is 0 Å². The molecule has 1 saturated carbocycles. The first kappa shape index (κ1) is 17.9. The van der Waals surface area contributed by atoms with Crippen molar-refractivity contribution in [2.24, 2.45) is 5.41 Å². The Morgan fingerprint density at radius 1 is 1.37 bits per heavy atom. The Morgan fingerprint density at radius 3 is 3.04 bits per heavy atom. The second-order valence-electron chi connectivity index (χ2n) is 7.21. The molecule has 2 N–H and O–H groups in total. The molecule has 140 valence electrons. The quantitative estimate of drug-likeness (QED) is 0.649. The van der Waals surface area contributed by atoms with E-state index in [-0.39, 0.29) is 11.9 Å². The first-order chi connectivity index (χ1) is 13.0. The van der Waals surface area contributed by atoms with Gasteiger partial charge in [0, 0.05) is 34.8 Å². The molecule has 1 fully saturated rings. The molecule has 1 aliphatic rings. The number of carbonyl (C=O) groups excluding carboxylic acids is 1. The summed E-state index contributed by atoms with van der Waals surface area (Å²) >= 11 is 6.05. The number of hydrogen-bond donors (Lipinski definition) is 2. The van der Waals surface area contributed by atoms with Crippen molar-refractivity contribution in [1.82, 2.24) is 19.9 Å². The highest BCUT2D eigenvalue weighted by Crippen LogP contribution is 2.36. The molecule has 2 unspecified atom stereocenters. The molecule has 6 nitrogen and oxygen atoms in total. The van der Waals surface area contributed by atoms with Gasteiger partial charge in [0.15, 0.2) is 17.5 Å². The maximum Gasteiger partial charge on any atom is 0.183 e. The van der Waals surface area contributed by atoms with Crippen molar-refractivity contribution in [2.45, 2.75) is 38.6 Å². The van der Waals surface area contributed by atoms with Crippen molar-refractivity contribution >= 4 is 34.7 Å². The maximum absolute atomic E-state index is 14.4. The molecule has 3 aromatic rings. The summed E-state index contributed by atoms with van der Waals surface area (Å²) in [4.78, 5) is 27.4. The Balaban J connectivity index is 1.71. The molecular formula is C19H19ClFN5O. The fourth-order valence-corrected chi connectivity index (χ4v) is 3.82. The van der Waals surface area contributed by atoms with Crippen molar-refractivity contribution < 1.29 is 9.18 Å². The number of H-pyrrole nitrogens is 1. The molecule has 0 aromatic carbocycles. The lowest BCUT2D eigenvalue weighted by Gasteiger charge is -2.37. The van der Waals surface area contributed by atoms with E-state index < -0.39 is 11.2 Å². The number of nitrogens with one attached hydrogen (secondary N) is 2. The minimum absolute atomic E-state index is 0.101. The highest BCUT2D eigenvalue weighted by molar-refractivity contribution is 6.31. The molecule has 1 aliphatic carbocycles. The maximum atomic E-state index is 14.4. The number of nitrogens with zero attached hydrogens (tertiary/aromatic N) is 3. The third-order valence-electron chi connectivity index (χ3n) is 5.32. The van der Waals surface area contributed by atoms with Gasteiger partial charge < -0.3 is 15.1 Å². The van der Waals surface area contributed by atoms with Crippen LogP contribution in [0.1, 0.15) is 32.6 Å². The SMILES string of the molecule is CC1(C=O)CCCCC1Nc1nc(-c2c[nH]c3ncc(Cl)cc23)ncc1F. The molecule has 27 heavy (non-hydrogen) atoms. The van der Waals surface area contributed by atoms with E-state index in [1.54, 1.807) is 18.5 Å². The van der Waals surface area contributed by atoms with Gasteiger partial charge in [-0.05, 0) is 18.9 Å². The number of pyridine rings is 1. The van der Waals surface area contributed by atoms with Gasteiger partial charge in [-0.25, -0.2) is 19.3 Å². The molecule has 8 heteroatoms. The third-order valence-corrected chi connectivity index (χ3v) is 5.52. The second kappa shape index (κ2) is 6.88. The Hall–Kier alpha value is -2.54. The fourth-order valence-electron chi connectivity index (χ4n) is 3.66. The Bertz CT molecular complexity index is 1010. The Labute approximate surface area is 160 Å². The second-order valence-corrected chi connectivity index (χ2v) is 7.65. The summed E-state index contributed by atoms with van der Waals surface area (Å²) in [6.45, 7) is 1.91. The van der Waals surface area contributed by atoms with Gasteiger partial charge in [0.1, 0.15) is 11.9 Å². The van der Waals surface area contributed by atoms with Gasteiger partial charge >= 0.3 is 0 Å². The lowest BCUT2D eigenvalue weighted by atomic mass is 9.73. The van der Waals surface area contributed by atoms with E-state index in [1.807, 2.05) is 6.92 Å². The number of fused-ring (bicyclic) bond motifs is 1. The zero-order valence-electron chi connectivity index (χ0n) is 14.8. The molecule has 3 aromatic heterocycles. The standard InChI is InChI=1S/C19H19ClFN5O/c1-19(10-27)5-3-2-4-15(19)25-18-14(21)9-24-17(26-18)13-8-23-16-12(13)6-11(20)7-22-16/h6-10,15H,2-5H2,1H3,(H,22,23)(H,24,25,26). The topological polar surface area (TPSA) is 83.6 Å². The minimum atomic E-state index is -0.548. The van der Waals surface area contributed by atoms with Crippen molar-refractivity contribution in [3.05, 3.63) is 35.5 Å². The van der Waals surface area contributed by atoms with Crippen LogP contribution in [-0.4, -0.2) is 32.3 Å². The monoisotopic (exact) mass is 387 g/mol. The zero-order valence-corrected chi connectivity index (χ0v) is 15.6. The van der Waals surface area contributed by atoms with Crippen molar-refractivity contribution in [1.29, 1.82) is 0 Å². The van der Waals surface area contributed by atoms with Crippen LogP contribution in [-0.2, 0) is 4.79 Å². The van der Waals surface area contributed by atoms with Gasteiger partial charge in [-0.15, -0.1) is 0 Å². The number of anilines is 1. The molecule has 2 atom stereocenters. The minimum Gasteiger partial charge on any atom is -0.364 e. The van der Waals surface area contributed by atoms with Crippen LogP contribution in [0, 0.1) is 11.2 Å².